The summed E-state index contributed by atoms with van der Waals surface area (Å²) in [7, 11) is 0. The van der Waals surface area contributed by atoms with Crippen LogP contribution in [0.15, 0.2) is 60.7 Å². The first-order valence-electron chi connectivity index (χ1n) is 10.2. The van der Waals surface area contributed by atoms with Gasteiger partial charge in [-0.3, -0.25) is 4.79 Å². The summed E-state index contributed by atoms with van der Waals surface area (Å²) >= 11 is 0. The number of fused-ring (bicyclic) bond motifs is 1. The number of ether oxygens (including phenoxy) is 1. The number of carboxylic acids is 1. The number of carbonyl (C=O) groups is 1. The van der Waals surface area contributed by atoms with Crippen molar-refractivity contribution in [2.24, 2.45) is 0 Å². The van der Waals surface area contributed by atoms with E-state index in [1.54, 1.807) is 0 Å². The van der Waals surface area contributed by atoms with Crippen molar-refractivity contribution in [3.05, 3.63) is 66.2 Å². The Bertz CT molecular complexity index is 970. The van der Waals surface area contributed by atoms with Crippen LogP contribution in [0.3, 0.4) is 0 Å². The highest BCUT2D eigenvalue weighted by Crippen LogP contribution is 2.35. The predicted molar refractivity (Wildman–Crippen MR) is 113 cm³/mol. The van der Waals surface area contributed by atoms with E-state index in [2.05, 4.69) is 42.5 Å². The van der Waals surface area contributed by atoms with E-state index in [1.165, 1.54) is 30.0 Å². The van der Waals surface area contributed by atoms with Crippen molar-refractivity contribution >= 4 is 16.7 Å². The van der Waals surface area contributed by atoms with Gasteiger partial charge in [-0.2, -0.15) is 0 Å². The zero-order chi connectivity index (χ0) is 19.3. The van der Waals surface area contributed by atoms with Crippen LogP contribution in [0, 0.1) is 0 Å². The van der Waals surface area contributed by atoms with E-state index >= 15 is 0 Å². The maximum Gasteiger partial charge on any atom is 0.303 e. The van der Waals surface area contributed by atoms with Gasteiger partial charge in [0, 0.05) is 12.0 Å². The fourth-order valence-electron chi connectivity index (χ4n) is 4.03. The van der Waals surface area contributed by atoms with E-state index in [0.717, 1.165) is 35.3 Å². The molecule has 3 heteroatoms. The van der Waals surface area contributed by atoms with Gasteiger partial charge in [0.2, 0.25) is 0 Å². The second kappa shape index (κ2) is 8.47. The molecule has 0 aliphatic heterocycles. The number of aliphatic carboxylic acids is 1. The molecular weight excluding hydrogens is 348 g/mol. The lowest BCUT2D eigenvalue weighted by Gasteiger charge is -2.25. The van der Waals surface area contributed by atoms with E-state index < -0.39 is 5.97 Å². The third kappa shape index (κ3) is 4.36. The molecule has 0 amide bonds. The van der Waals surface area contributed by atoms with E-state index in [9.17, 15) is 4.79 Å². The van der Waals surface area contributed by atoms with Gasteiger partial charge in [-0.25, -0.2) is 0 Å². The van der Waals surface area contributed by atoms with Crippen LogP contribution in [0.2, 0.25) is 0 Å². The number of carboxylic acid groups (broad SMARTS) is 1. The molecule has 1 N–H and O–H groups in total. The molecule has 1 fully saturated rings. The number of benzene rings is 3. The molecule has 0 aromatic heterocycles. The molecule has 0 unspecified atom stereocenters. The average Bonchev–Trinajstić information content (AvgIpc) is 2.73. The van der Waals surface area contributed by atoms with Crippen molar-refractivity contribution in [1.82, 2.24) is 0 Å². The highest BCUT2D eigenvalue weighted by atomic mass is 16.5. The van der Waals surface area contributed by atoms with Gasteiger partial charge in [-0.1, -0.05) is 48.9 Å². The normalized spacial score (nSPS) is 14.9. The summed E-state index contributed by atoms with van der Waals surface area (Å²) in [5.74, 6) is 0.135. The van der Waals surface area contributed by atoms with Crippen molar-refractivity contribution < 1.29 is 14.6 Å². The molecule has 0 heterocycles. The smallest absolute Gasteiger partial charge is 0.303 e. The average molecular weight is 374 g/mol. The van der Waals surface area contributed by atoms with Crippen LogP contribution < -0.4 is 4.74 Å². The summed E-state index contributed by atoms with van der Waals surface area (Å²) in [6, 6.07) is 20.9. The summed E-state index contributed by atoms with van der Waals surface area (Å²) in [5, 5.41) is 11.4. The predicted octanol–water partition coefficient (Wildman–Crippen LogP) is 6.24. The zero-order valence-electron chi connectivity index (χ0n) is 16.1. The summed E-state index contributed by atoms with van der Waals surface area (Å²) in [5.41, 5.74) is 3.20. The van der Waals surface area contributed by atoms with Crippen molar-refractivity contribution in [1.29, 1.82) is 0 Å². The Kier molecular flexibility index (Phi) is 5.61. The topological polar surface area (TPSA) is 46.5 Å². The van der Waals surface area contributed by atoms with Gasteiger partial charge < -0.3 is 9.84 Å². The monoisotopic (exact) mass is 374 g/mol. The van der Waals surface area contributed by atoms with Crippen LogP contribution in [0.4, 0.5) is 0 Å². The number of hydrogen-bond acceptors (Lipinski definition) is 2. The Morgan fingerprint density at radius 1 is 0.929 bits per heavy atom. The standard InChI is InChI=1S/C25H26O3/c26-25(27)15-11-18-10-14-24(28-22-8-2-1-3-9-22)23(16-18)21-13-12-19-6-4-5-7-20(19)17-21/h4-7,10,12-14,16-17,22H,1-3,8-9,11,15H2,(H,26,27). The van der Waals surface area contributed by atoms with Crippen molar-refractivity contribution in [2.75, 3.05) is 0 Å². The van der Waals surface area contributed by atoms with E-state index in [-0.39, 0.29) is 12.5 Å². The SMILES string of the molecule is O=C(O)CCc1ccc(OC2CCCCC2)c(-c2ccc3ccccc3c2)c1. The maximum absolute atomic E-state index is 11.0. The van der Waals surface area contributed by atoms with Gasteiger partial charge in [0.25, 0.3) is 0 Å². The van der Waals surface area contributed by atoms with Gasteiger partial charge in [-0.15, -0.1) is 0 Å². The van der Waals surface area contributed by atoms with E-state index in [1.807, 2.05) is 18.2 Å². The van der Waals surface area contributed by atoms with Crippen LogP contribution in [0.1, 0.15) is 44.1 Å². The Balaban J connectivity index is 1.70. The molecule has 0 radical (unpaired) electrons. The van der Waals surface area contributed by atoms with Crippen LogP contribution in [-0.2, 0) is 11.2 Å². The summed E-state index contributed by atoms with van der Waals surface area (Å²) in [6.45, 7) is 0. The molecule has 1 saturated carbocycles. The molecule has 3 aromatic carbocycles. The van der Waals surface area contributed by atoms with Crippen LogP contribution >= 0.6 is 0 Å². The molecular formula is C25H26O3. The van der Waals surface area contributed by atoms with Crippen molar-refractivity contribution in [2.45, 2.75) is 51.0 Å². The Morgan fingerprint density at radius 3 is 2.50 bits per heavy atom. The van der Waals surface area contributed by atoms with Gasteiger partial charge in [0.15, 0.2) is 0 Å². The molecule has 0 atom stereocenters. The van der Waals surface area contributed by atoms with Crippen LogP contribution in [-0.4, -0.2) is 17.2 Å². The minimum Gasteiger partial charge on any atom is -0.490 e. The largest absolute Gasteiger partial charge is 0.490 e. The molecule has 0 spiro atoms. The molecule has 1 aliphatic rings. The number of aryl methyl sites for hydroxylation is 1. The van der Waals surface area contributed by atoms with Crippen molar-refractivity contribution in [3.63, 3.8) is 0 Å². The highest BCUT2D eigenvalue weighted by Gasteiger charge is 2.17. The summed E-state index contributed by atoms with van der Waals surface area (Å²) < 4.78 is 6.42. The molecule has 0 saturated heterocycles. The lowest BCUT2D eigenvalue weighted by molar-refractivity contribution is -0.136. The number of rotatable bonds is 6. The lowest BCUT2D eigenvalue weighted by Crippen LogP contribution is -2.20. The minimum absolute atomic E-state index is 0.139. The van der Waals surface area contributed by atoms with Crippen molar-refractivity contribution in [3.8, 4) is 16.9 Å². The third-order valence-corrected chi connectivity index (χ3v) is 5.58. The van der Waals surface area contributed by atoms with E-state index in [0.29, 0.717) is 6.42 Å². The van der Waals surface area contributed by atoms with Gasteiger partial charge >= 0.3 is 5.97 Å². The van der Waals surface area contributed by atoms with E-state index in [4.69, 9.17) is 9.84 Å². The fraction of sp³-hybridized carbons (Fsp3) is 0.320. The van der Waals surface area contributed by atoms with Gasteiger partial charge in [0.1, 0.15) is 5.75 Å². The minimum atomic E-state index is -0.769. The molecule has 28 heavy (non-hydrogen) atoms. The van der Waals surface area contributed by atoms with Gasteiger partial charge in [-0.05, 0) is 72.2 Å². The Hall–Kier alpha value is -2.81. The Labute approximate surface area is 166 Å². The molecule has 3 aromatic rings. The Morgan fingerprint density at radius 2 is 1.71 bits per heavy atom. The summed E-state index contributed by atoms with van der Waals surface area (Å²) in [4.78, 5) is 11.0. The molecule has 3 nitrogen and oxygen atoms in total. The lowest BCUT2D eigenvalue weighted by atomic mass is 9.96. The summed E-state index contributed by atoms with van der Waals surface area (Å²) in [6.07, 6.45) is 6.91. The fourth-order valence-corrected chi connectivity index (χ4v) is 4.03. The van der Waals surface area contributed by atoms with Crippen LogP contribution in [0.5, 0.6) is 5.75 Å². The maximum atomic E-state index is 11.0. The van der Waals surface area contributed by atoms with Crippen LogP contribution in [0.25, 0.3) is 21.9 Å². The second-order valence-electron chi connectivity index (χ2n) is 7.66. The number of hydrogen-bond donors (Lipinski definition) is 1. The first kappa shape index (κ1) is 18.5. The van der Waals surface area contributed by atoms with Gasteiger partial charge in [0.05, 0.1) is 6.10 Å². The third-order valence-electron chi connectivity index (χ3n) is 5.58. The quantitative estimate of drug-likeness (QED) is 0.556. The second-order valence-corrected chi connectivity index (χ2v) is 7.66. The highest BCUT2D eigenvalue weighted by molar-refractivity contribution is 5.88. The molecule has 144 valence electrons. The molecule has 0 bridgehead atoms. The molecule has 1 aliphatic carbocycles. The zero-order valence-corrected chi connectivity index (χ0v) is 16.1. The first-order valence-corrected chi connectivity index (χ1v) is 10.2. The first-order chi connectivity index (χ1) is 13.7. The molecule has 4 rings (SSSR count).